The van der Waals surface area contributed by atoms with E-state index in [2.05, 4.69) is 30.4 Å². The number of likely N-dealkylation sites (N-methyl/N-ethyl adjacent to an activating group) is 1. The number of Topliss-reactive ketones (excluding diaryl/α,β-unsaturated/α-hetero) is 2. The highest BCUT2D eigenvalue weighted by Gasteiger charge is 2.37. The zero-order chi connectivity index (χ0) is 45.5. The van der Waals surface area contributed by atoms with Crippen LogP contribution in [0.4, 0.5) is 10.2 Å². The van der Waals surface area contributed by atoms with E-state index in [0.717, 1.165) is 30.8 Å². The molecule has 1 aromatic heterocycles. The Kier molecular flexibility index (Phi) is 18.8. The molecule has 0 bridgehead atoms. The number of carbonyl (C=O) groups excluding carboxylic acids is 3. The van der Waals surface area contributed by atoms with E-state index in [0.29, 0.717) is 69.2 Å². The summed E-state index contributed by atoms with van der Waals surface area (Å²) in [5.74, 6) is -0.645. The van der Waals surface area contributed by atoms with Crippen molar-refractivity contribution < 1.29 is 33.0 Å². The monoisotopic (exact) mass is 871 g/mol. The number of piperazine rings is 1. The van der Waals surface area contributed by atoms with Gasteiger partial charge in [-0.15, -0.1) is 6.58 Å². The molecule has 2 aromatic carbocycles. The van der Waals surface area contributed by atoms with Gasteiger partial charge in [-0.2, -0.15) is 0 Å². The zero-order valence-corrected chi connectivity index (χ0v) is 38.8. The Hall–Kier alpha value is -4.53. The first-order valence-corrected chi connectivity index (χ1v) is 22.7. The number of hydrogen-bond acceptors (Lipinski definition) is 11. The van der Waals surface area contributed by atoms with Crippen molar-refractivity contribution in [1.29, 1.82) is 0 Å². The SMILES string of the molecule is C=CCN(CC(=O)CCc1ccccc1)CC(=O)C[C@@H](Cc1ccc(OC(C)(C)C)cc1)C(=O)N(Cc1ccc(F)c(N2CC(N3CCN(C)[C@H](C)C3)C2)n1)CC(OCC)OCC. The summed E-state index contributed by atoms with van der Waals surface area (Å²) in [5, 5.41) is 0. The molecule has 1 amide bonds. The van der Waals surface area contributed by atoms with E-state index in [1.165, 1.54) is 6.07 Å². The van der Waals surface area contributed by atoms with Gasteiger partial charge in [0, 0.05) is 83.3 Å². The maximum Gasteiger partial charge on any atom is 0.226 e. The minimum atomic E-state index is -0.780. The first-order chi connectivity index (χ1) is 30.1. The van der Waals surface area contributed by atoms with E-state index in [1.54, 1.807) is 21.9 Å². The molecule has 2 atom stereocenters. The molecule has 63 heavy (non-hydrogen) atoms. The summed E-state index contributed by atoms with van der Waals surface area (Å²) in [5.41, 5.74) is 2.06. The molecular formula is C50H71FN6O6. The number of nitrogens with zero attached hydrogens (tertiary/aromatic N) is 6. The second-order valence-corrected chi connectivity index (χ2v) is 18.0. The van der Waals surface area contributed by atoms with Crippen LogP contribution in [0.5, 0.6) is 5.75 Å². The minimum absolute atomic E-state index is 0.0154. The van der Waals surface area contributed by atoms with Crippen molar-refractivity contribution in [2.24, 2.45) is 5.92 Å². The summed E-state index contributed by atoms with van der Waals surface area (Å²) in [6.45, 7) is 21.4. The Morgan fingerprint density at radius 1 is 0.921 bits per heavy atom. The average molecular weight is 871 g/mol. The minimum Gasteiger partial charge on any atom is -0.488 e. The van der Waals surface area contributed by atoms with Crippen molar-refractivity contribution in [3.63, 3.8) is 0 Å². The fourth-order valence-corrected chi connectivity index (χ4v) is 8.23. The summed E-state index contributed by atoms with van der Waals surface area (Å²) < 4.78 is 33.5. The van der Waals surface area contributed by atoms with Gasteiger partial charge in [0.25, 0.3) is 0 Å². The number of amides is 1. The summed E-state index contributed by atoms with van der Waals surface area (Å²) in [4.78, 5) is 57.3. The van der Waals surface area contributed by atoms with Crippen molar-refractivity contribution >= 4 is 23.3 Å². The number of ketones is 2. The van der Waals surface area contributed by atoms with E-state index in [4.69, 9.17) is 19.2 Å². The number of benzene rings is 2. The number of ether oxygens (including phenoxy) is 3. The van der Waals surface area contributed by atoms with E-state index in [9.17, 15) is 9.59 Å². The van der Waals surface area contributed by atoms with E-state index in [-0.39, 0.29) is 67.9 Å². The highest BCUT2D eigenvalue weighted by atomic mass is 19.1. The lowest BCUT2D eigenvalue weighted by molar-refractivity contribution is -0.162. The average Bonchev–Trinajstić information content (AvgIpc) is 3.22. The van der Waals surface area contributed by atoms with Crippen LogP contribution in [0.3, 0.4) is 0 Å². The third-order valence-corrected chi connectivity index (χ3v) is 11.7. The molecule has 2 aliphatic rings. The van der Waals surface area contributed by atoms with Crippen molar-refractivity contribution in [2.75, 3.05) is 84.1 Å². The second kappa shape index (κ2) is 24.0. The number of aryl methyl sites for hydroxylation is 1. The predicted octanol–water partition coefficient (Wildman–Crippen LogP) is 6.46. The highest BCUT2D eigenvalue weighted by Crippen LogP contribution is 2.28. The van der Waals surface area contributed by atoms with Crippen LogP contribution in [0, 0.1) is 11.7 Å². The Labute approximate surface area is 375 Å². The summed E-state index contributed by atoms with van der Waals surface area (Å²) in [7, 11) is 2.15. The molecule has 2 aliphatic heterocycles. The quantitative estimate of drug-likeness (QED) is 0.0693. The zero-order valence-electron chi connectivity index (χ0n) is 38.8. The summed E-state index contributed by atoms with van der Waals surface area (Å²) in [6, 6.07) is 21.3. The standard InChI is InChI=1S/C50H71FN6O6/c1-9-25-54(34-43(58)21-17-38-15-13-12-14-16-38)35-44(59)29-40(28-39-18-22-45(23-19-39)63-50(5,6)7)49(60)57(36-47(61-10-2)62-11-3)31-41-20-24-46(51)48(52-41)56-32-42(33-56)55-27-26-53(8)37(4)30-55/h9,12-16,18-20,22-24,37,40,42,47H,1,10-11,17,21,25-36H2,2-8H3/t37-,40-/m1/s1. The number of carbonyl (C=O) groups is 3. The first kappa shape index (κ1) is 49.5. The molecule has 2 fully saturated rings. The normalized spacial score (nSPS) is 16.9. The first-order valence-electron chi connectivity index (χ1n) is 22.7. The number of aromatic nitrogens is 1. The smallest absolute Gasteiger partial charge is 0.226 e. The lowest BCUT2D eigenvalue weighted by atomic mass is 9.92. The van der Waals surface area contributed by atoms with Gasteiger partial charge in [-0.05, 0) is 96.8 Å². The largest absolute Gasteiger partial charge is 0.488 e. The van der Waals surface area contributed by atoms with Gasteiger partial charge >= 0.3 is 0 Å². The fourth-order valence-electron chi connectivity index (χ4n) is 8.23. The van der Waals surface area contributed by atoms with Gasteiger partial charge in [0.1, 0.15) is 22.9 Å². The summed E-state index contributed by atoms with van der Waals surface area (Å²) in [6.07, 6.45) is 2.11. The van der Waals surface area contributed by atoms with Gasteiger partial charge in [-0.1, -0.05) is 48.5 Å². The number of rotatable bonds is 25. The maximum atomic E-state index is 15.5. The van der Waals surface area contributed by atoms with E-state index >= 15 is 9.18 Å². The molecule has 0 aliphatic carbocycles. The number of anilines is 1. The van der Waals surface area contributed by atoms with Gasteiger partial charge in [0.2, 0.25) is 5.91 Å². The third kappa shape index (κ3) is 15.6. The van der Waals surface area contributed by atoms with E-state index < -0.39 is 18.0 Å². The van der Waals surface area contributed by atoms with Crippen molar-refractivity contribution in [2.45, 2.75) is 97.7 Å². The molecule has 13 heteroatoms. The molecular weight excluding hydrogens is 800 g/mol. The second-order valence-electron chi connectivity index (χ2n) is 18.0. The van der Waals surface area contributed by atoms with Crippen LogP contribution in [0.1, 0.15) is 71.2 Å². The molecule has 12 nitrogen and oxygen atoms in total. The number of halogens is 1. The highest BCUT2D eigenvalue weighted by molar-refractivity contribution is 5.89. The van der Waals surface area contributed by atoms with Gasteiger partial charge in [0.15, 0.2) is 17.9 Å². The van der Waals surface area contributed by atoms with Crippen LogP contribution in [-0.4, -0.2) is 145 Å². The molecule has 0 N–H and O–H groups in total. The molecule has 5 rings (SSSR count). The number of pyridine rings is 1. The van der Waals surface area contributed by atoms with Crippen LogP contribution >= 0.6 is 0 Å². The molecule has 344 valence electrons. The van der Waals surface area contributed by atoms with Crippen molar-refractivity contribution in [3.05, 3.63) is 102 Å². The molecule has 0 radical (unpaired) electrons. The van der Waals surface area contributed by atoms with Crippen molar-refractivity contribution in [3.8, 4) is 5.75 Å². The molecule has 0 saturated carbocycles. The van der Waals surface area contributed by atoms with Crippen LogP contribution in [0.15, 0.2) is 79.4 Å². The van der Waals surface area contributed by atoms with Gasteiger partial charge < -0.3 is 28.9 Å². The maximum absolute atomic E-state index is 15.5. The van der Waals surface area contributed by atoms with Crippen molar-refractivity contribution in [1.82, 2.24) is 24.6 Å². The third-order valence-electron chi connectivity index (χ3n) is 11.7. The molecule has 0 unspecified atom stereocenters. The Balaban J connectivity index is 1.37. The Morgan fingerprint density at radius 3 is 2.24 bits per heavy atom. The van der Waals surface area contributed by atoms with Crippen LogP contribution in [-0.2, 0) is 43.2 Å². The van der Waals surface area contributed by atoms with Gasteiger partial charge in [0.05, 0.1) is 31.9 Å². The van der Waals surface area contributed by atoms with Gasteiger partial charge in [-0.3, -0.25) is 24.2 Å². The predicted molar refractivity (Wildman–Crippen MR) is 246 cm³/mol. The Morgan fingerprint density at radius 2 is 1.60 bits per heavy atom. The topological polar surface area (TPSA) is 108 Å². The molecule has 3 aromatic rings. The lowest BCUT2D eigenvalue weighted by Crippen LogP contribution is -2.64. The van der Waals surface area contributed by atoms with Crippen LogP contribution < -0.4 is 9.64 Å². The Bertz CT molecular complexity index is 1910. The fraction of sp³-hybridized carbons (Fsp3) is 0.560. The van der Waals surface area contributed by atoms with Gasteiger partial charge in [-0.25, -0.2) is 9.37 Å². The molecule has 3 heterocycles. The number of hydrogen-bond donors (Lipinski definition) is 0. The van der Waals surface area contributed by atoms with Crippen LogP contribution in [0.2, 0.25) is 0 Å². The summed E-state index contributed by atoms with van der Waals surface area (Å²) >= 11 is 0. The van der Waals surface area contributed by atoms with E-state index in [1.807, 2.05) is 94.1 Å². The van der Waals surface area contributed by atoms with Crippen LogP contribution in [0.25, 0.3) is 0 Å². The molecule has 0 spiro atoms. The molecule has 2 saturated heterocycles. The lowest BCUT2D eigenvalue weighted by Gasteiger charge is -2.49.